The number of likely N-dealkylation sites (N-methyl/N-ethyl adjacent to an activating group) is 1. The Morgan fingerprint density at radius 2 is 1.18 bits per heavy atom. The Kier molecular flexibility index (Phi) is 3.91. The van der Waals surface area contributed by atoms with Gasteiger partial charge in [-0.3, -0.25) is 0 Å². The number of hydrogen-bond donors (Lipinski definition) is 4. The lowest BCUT2D eigenvalue weighted by Gasteiger charge is -2.30. The topological polar surface area (TPSA) is 80.9 Å². The number of hydrogen-bond acceptors (Lipinski definition) is 4. The van der Waals surface area contributed by atoms with E-state index in [2.05, 4.69) is 0 Å². The maximum absolute atomic E-state index is 8.58. The minimum Gasteiger partial charge on any atom is -0.364 e. The lowest BCUT2D eigenvalue weighted by Crippen LogP contribution is -2.49. The van der Waals surface area contributed by atoms with E-state index in [1.54, 1.807) is 14.1 Å². The zero-order valence-electron chi connectivity index (χ0n) is 6.80. The Labute approximate surface area is 65.7 Å². The molecule has 0 aromatic carbocycles. The lowest BCUT2D eigenvalue weighted by molar-refractivity contribution is -0.901. The minimum atomic E-state index is -1.41. The first-order chi connectivity index (χ1) is 4.83. The minimum absolute atomic E-state index is 0.0810. The third kappa shape index (κ3) is 6.21. The summed E-state index contributed by atoms with van der Waals surface area (Å²) in [6, 6.07) is 0. The van der Waals surface area contributed by atoms with Gasteiger partial charge in [-0.2, -0.15) is 0 Å². The van der Waals surface area contributed by atoms with Gasteiger partial charge in [0.15, 0.2) is 0 Å². The number of aliphatic hydroxyl groups excluding tert-OH is 2. The summed E-state index contributed by atoms with van der Waals surface area (Å²) in [5.74, 6) is 0. The third-order valence-electron chi connectivity index (χ3n) is 1.32. The summed E-state index contributed by atoms with van der Waals surface area (Å²) in [4.78, 5) is 0. The highest BCUT2D eigenvalue weighted by molar-refractivity contribution is 4.38. The van der Waals surface area contributed by atoms with Crippen LogP contribution in [0.1, 0.15) is 0 Å². The highest BCUT2D eigenvalue weighted by atomic mass is 16.5. The van der Waals surface area contributed by atoms with Crippen molar-refractivity contribution >= 4 is 0 Å². The van der Waals surface area contributed by atoms with Crippen molar-refractivity contribution in [2.45, 2.75) is 12.6 Å². The molecule has 0 bridgehead atoms. The molecule has 0 saturated carbocycles. The van der Waals surface area contributed by atoms with Crippen LogP contribution >= 0.6 is 0 Å². The van der Waals surface area contributed by atoms with Gasteiger partial charge in [0, 0.05) is 0 Å². The lowest BCUT2D eigenvalue weighted by atomic mass is 10.4. The zero-order chi connectivity index (χ0) is 9.07. The molecule has 0 amide bonds. The number of quaternary nitrogens is 1. The molecule has 0 spiro atoms. The van der Waals surface area contributed by atoms with E-state index >= 15 is 0 Å². The Bertz CT molecular complexity index is 101. The van der Waals surface area contributed by atoms with Gasteiger partial charge in [0.25, 0.3) is 0 Å². The summed E-state index contributed by atoms with van der Waals surface area (Å²) in [5, 5.41) is 34.3. The maximum atomic E-state index is 8.58. The average molecular weight is 166 g/mol. The molecule has 0 heterocycles. The third-order valence-corrected chi connectivity index (χ3v) is 1.32. The van der Waals surface area contributed by atoms with Crippen LogP contribution in [-0.4, -0.2) is 64.7 Å². The molecule has 5 heteroatoms. The van der Waals surface area contributed by atoms with E-state index < -0.39 is 12.6 Å². The molecule has 0 radical (unpaired) electrons. The quantitative estimate of drug-likeness (QED) is 0.279. The summed E-state index contributed by atoms with van der Waals surface area (Å²) in [6.07, 6.45) is -2.83. The molecule has 0 unspecified atom stereocenters. The predicted molar refractivity (Wildman–Crippen MR) is 38.3 cm³/mol. The second-order valence-electron chi connectivity index (χ2n) is 3.26. The highest BCUT2D eigenvalue weighted by Gasteiger charge is 2.21. The van der Waals surface area contributed by atoms with Crippen molar-refractivity contribution in [3.8, 4) is 0 Å². The molecule has 4 N–H and O–H groups in total. The number of aliphatic hydroxyl groups is 4. The van der Waals surface area contributed by atoms with Crippen LogP contribution in [0.5, 0.6) is 0 Å². The zero-order valence-corrected chi connectivity index (χ0v) is 6.80. The first-order valence-corrected chi connectivity index (χ1v) is 3.38. The van der Waals surface area contributed by atoms with Crippen LogP contribution in [0.2, 0.25) is 0 Å². The Hall–Kier alpha value is -0.200. The summed E-state index contributed by atoms with van der Waals surface area (Å²) < 4.78 is 0.162. The van der Waals surface area contributed by atoms with Crippen molar-refractivity contribution in [3.63, 3.8) is 0 Å². The van der Waals surface area contributed by atoms with E-state index in [-0.39, 0.29) is 17.6 Å². The standard InChI is InChI=1S/C6H16NO4/c1-7(2,3-5(8)9)4-6(10)11/h5-6,8-11H,3-4H2,1-2H3/q+1. The molecular weight excluding hydrogens is 150 g/mol. The largest absolute Gasteiger partial charge is 0.364 e. The van der Waals surface area contributed by atoms with Gasteiger partial charge in [-0.05, 0) is 0 Å². The van der Waals surface area contributed by atoms with E-state index in [9.17, 15) is 0 Å². The van der Waals surface area contributed by atoms with Crippen molar-refractivity contribution in [2.24, 2.45) is 0 Å². The van der Waals surface area contributed by atoms with Gasteiger partial charge in [0.1, 0.15) is 13.1 Å². The first kappa shape index (κ1) is 10.8. The van der Waals surface area contributed by atoms with Gasteiger partial charge in [0.2, 0.25) is 12.6 Å². The molecular formula is C6H16NO4+. The van der Waals surface area contributed by atoms with Gasteiger partial charge < -0.3 is 24.9 Å². The van der Waals surface area contributed by atoms with Crippen molar-refractivity contribution in [2.75, 3.05) is 27.2 Å². The highest BCUT2D eigenvalue weighted by Crippen LogP contribution is 1.99. The van der Waals surface area contributed by atoms with Gasteiger partial charge in [0.05, 0.1) is 14.1 Å². The Balaban J connectivity index is 3.79. The van der Waals surface area contributed by atoms with Gasteiger partial charge >= 0.3 is 0 Å². The van der Waals surface area contributed by atoms with Crippen molar-refractivity contribution in [1.82, 2.24) is 0 Å². The number of nitrogens with zero attached hydrogens (tertiary/aromatic N) is 1. The van der Waals surface area contributed by atoms with Crippen LogP contribution in [0.25, 0.3) is 0 Å². The van der Waals surface area contributed by atoms with Crippen LogP contribution in [0.15, 0.2) is 0 Å². The van der Waals surface area contributed by atoms with Crippen molar-refractivity contribution in [3.05, 3.63) is 0 Å². The Morgan fingerprint density at radius 3 is 1.36 bits per heavy atom. The van der Waals surface area contributed by atoms with Crippen LogP contribution < -0.4 is 0 Å². The predicted octanol–water partition coefficient (Wildman–Crippen LogP) is -2.32. The van der Waals surface area contributed by atoms with Gasteiger partial charge in [-0.1, -0.05) is 0 Å². The van der Waals surface area contributed by atoms with Crippen molar-refractivity contribution in [1.29, 1.82) is 0 Å². The Morgan fingerprint density at radius 1 is 0.909 bits per heavy atom. The first-order valence-electron chi connectivity index (χ1n) is 3.38. The fourth-order valence-electron chi connectivity index (χ4n) is 0.959. The molecule has 0 aromatic heterocycles. The van der Waals surface area contributed by atoms with Crippen LogP contribution in [0, 0.1) is 0 Å². The molecule has 0 saturated heterocycles. The average Bonchev–Trinajstić information content (AvgIpc) is 1.53. The van der Waals surface area contributed by atoms with Crippen LogP contribution in [-0.2, 0) is 0 Å². The molecule has 11 heavy (non-hydrogen) atoms. The molecule has 0 aliphatic heterocycles. The molecule has 0 rings (SSSR count). The molecule has 0 aliphatic rings. The molecule has 0 fully saturated rings. The fraction of sp³-hybridized carbons (Fsp3) is 1.00. The van der Waals surface area contributed by atoms with Crippen LogP contribution in [0.3, 0.4) is 0 Å². The van der Waals surface area contributed by atoms with E-state index in [0.29, 0.717) is 0 Å². The summed E-state index contributed by atoms with van der Waals surface area (Å²) >= 11 is 0. The van der Waals surface area contributed by atoms with E-state index in [4.69, 9.17) is 20.4 Å². The summed E-state index contributed by atoms with van der Waals surface area (Å²) in [7, 11) is 3.36. The second kappa shape index (κ2) is 3.99. The van der Waals surface area contributed by atoms with Gasteiger partial charge in [-0.15, -0.1) is 0 Å². The van der Waals surface area contributed by atoms with Crippen LogP contribution in [0.4, 0.5) is 0 Å². The molecule has 5 nitrogen and oxygen atoms in total. The summed E-state index contributed by atoms with van der Waals surface area (Å²) in [5.41, 5.74) is 0. The van der Waals surface area contributed by atoms with Crippen molar-refractivity contribution < 1.29 is 24.9 Å². The molecule has 0 aliphatic carbocycles. The smallest absolute Gasteiger partial charge is 0.202 e. The molecule has 0 aromatic rings. The summed E-state index contributed by atoms with van der Waals surface area (Å²) in [6.45, 7) is 0.162. The normalized spacial score (nSPS) is 13.1. The molecule has 0 atom stereocenters. The fourth-order valence-corrected chi connectivity index (χ4v) is 0.959. The van der Waals surface area contributed by atoms with E-state index in [1.807, 2.05) is 0 Å². The monoisotopic (exact) mass is 166 g/mol. The SMILES string of the molecule is C[N+](C)(CC(O)O)CC(O)O. The van der Waals surface area contributed by atoms with E-state index in [1.165, 1.54) is 0 Å². The van der Waals surface area contributed by atoms with E-state index in [0.717, 1.165) is 0 Å². The molecule has 68 valence electrons. The second-order valence-corrected chi connectivity index (χ2v) is 3.26. The van der Waals surface area contributed by atoms with Gasteiger partial charge in [-0.25, -0.2) is 0 Å². The maximum Gasteiger partial charge on any atom is 0.202 e. The number of rotatable bonds is 4.